The first-order valence-corrected chi connectivity index (χ1v) is 9.48. The summed E-state index contributed by atoms with van der Waals surface area (Å²) in [7, 11) is 2.07. The molecule has 4 saturated carbocycles. The molecule has 24 heavy (non-hydrogen) atoms. The Balaban J connectivity index is 1.34. The van der Waals surface area contributed by atoms with E-state index in [-0.39, 0.29) is 5.91 Å². The summed E-state index contributed by atoms with van der Waals surface area (Å²) in [6.45, 7) is 1.46. The monoisotopic (exact) mass is 347 g/mol. The van der Waals surface area contributed by atoms with E-state index >= 15 is 0 Å². The molecule has 0 aliphatic heterocycles. The van der Waals surface area contributed by atoms with Crippen LogP contribution in [0, 0.1) is 23.2 Å². The zero-order valence-electron chi connectivity index (χ0n) is 14.3. The molecular formula is C19H26ClN3O. The normalized spacial score (nSPS) is 33.9. The molecule has 1 heterocycles. The van der Waals surface area contributed by atoms with Crippen molar-refractivity contribution in [1.29, 1.82) is 0 Å². The highest BCUT2D eigenvalue weighted by molar-refractivity contribution is 6.32. The zero-order chi connectivity index (χ0) is 16.7. The van der Waals surface area contributed by atoms with Crippen LogP contribution >= 0.6 is 11.6 Å². The predicted molar refractivity (Wildman–Crippen MR) is 96.0 cm³/mol. The maximum Gasteiger partial charge on any atom is 0.238 e. The van der Waals surface area contributed by atoms with Gasteiger partial charge in [0.25, 0.3) is 0 Å². The number of nitrogens with one attached hydrogen (secondary N) is 1. The zero-order valence-corrected chi connectivity index (χ0v) is 15.1. The molecule has 1 amide bonds. The van der Waals surface area contributed by atoms with E-state index in [0.29, 0.717) is 22.8 Å². The van der Waals surface area contributed by atoms with Crippen molar-refractivity contribution in [2.24, 2.45) is 23.2 Å². The SMILES string of the molecule is CN(CC(=O)Nc1cccnc1Cl)CC12CC3CC(CC(C3)C1)C2. The Bertz CT molecular complexity index is 598. The first kappa shape index (κ1) is 16.3. The first-order valence-electron chi connectivity index (χ1n) is 9.10. The van der Waals surface area contributed by atoms with Gasteiger partial charge >= 0.3 is 0 Å². The van der Waals surface area contributed by atoms with Gasteiger partial charge in [0.2, 0.25) is 5.91 Å². The molecule has 0 atom stereocenters. The number of carbonyl (C=O) groups excluding carboxylic acids is 1. The molecule has 0 radical (unpaired) electrons. The lowest BCUT2D eigenvalue weighted by Gasteiger charge is -2.57. The number of anilines is 1. The van der Waals surface area contributed by atoms with E-state index in [2.05, 4.69) is 22.2 Å². The third-order valence-corrected chi connectivity index (χ3v) is 6.52. The molecule has 130 valence electrons. The van der Waals surface area contributed by atoms with Gasteiger partial charge in [-0.05, 0) is 80.9 Å². The number of hydrogen-bond donors (Lipinski definition) is 1. The second-order valence-electron chi connectivity index (χ2n) is 8.48. The van der Waals surface area contributed by atoms with Crippen LogP contribution in [0.25, 0.3) is 0 Å². The fraction of sp³-hybridized carbons (Fsp3) is 0.684. The number of rotatable bonds is 5. The standard InChI is InChI=1S/C19H26ClN3O/c1-23(11-17(24)22-16-3-2-4-21-18(16)20)12-19-8-13-5-14(9-19)7-15(6-13)10-19/h2-4,13-15H,5-12H2,1H3,(H,22,24). The lowest BCUT2D eigenvalue weighted by molar-refractivity contribution is -0.118. The largest absolute Gasteiger partial charge is 0.322 e. The quantitative estimate of drug-likeness (QED) is 0.823. The molecule has 4 aliphatic carbocycles. The van der Waals surface area contributed by atoms with E-state index < -0.39 is 0 Å². The predicted octanol–water partition coefficient (Wildman–Crippen LogP) is 3.82. The lowest BCUT2D eigenvalue weighted by Crippen LogP contribution is -2.51. The van der Waals surface area contributed by atoms with Crippen molar-refractivity contribution in [2.45, 2.75) is 38.5 Å². The van der Waals surface area contributed by atoms with Gasteiger partial charge in [-0.1, -0.05) is 11.6 Å². The van der Waals surface area contributed by atoms with Gasteiger partial charge < -0.3 is 5.32 Å². The topological polar surface area (TPSA) is 45.2 Å². The van der Waals surface area contributed by atoms with Crippen molar-refractivity contribution in [2.75, 3.05) is 25.5 Å². The van der Waals surface area contributed by atoms with Crippen LogP contribution in [-0.4, -0.2) is 35.9 Å². The van der Waals surface area contributed by atoms with Crippen molar-refractivity contribution in [3.05, 3.63) is 23.5 Å². The van der Waals surface area contributed by atoms with E-state index in [9.17, 15) is 4.79 Å². The Morgan fingerprint density at radius 3 is 2.50 bits per heavy atom. The van der Waals surface area contributed by atoms with E-state index in [0.717, 1.165) is 24.3 Å². The summed E-state index contributed by atoms with van der Waals surface area (Å²) < 4.78 is 0. The van der Waals surface area contributed by atoms with Crippen molar-refractivity contribution in [3.8, 4) is 0 Å². The number of aromatic nitrogens is 1. The summed E-state index contributed by atoms with van der Waals surface area (Å²) in [5.74, 6) is 2.84. The van der Waals surface area contributed by atoms with Crippen LogP contribution in [0.3, 0.4) is 0 Å². The van der Waals surface area contributed by atoms with Gasteiger partial charge in [0.1, 0.15) is 0 Å². The van der Waals surface area contributed by atoms with Gasteiger partial charge in [0.05, 0.1) is 12.2 Å². The molecule has 4 bridgehead atoms. The van der Waals surface area contributed by atoms with Gasteiger partial charge in [-0.3, -0.25) is 9.69 Å². The van der Waals surface area contributed by atoms with Gasteiger partial charge in [0.15, 0.2) is 5.15 Å². The number of pyridine rings is 1. The smallest absolute Gasteiger partial charge is 0.238 e. The summed E-state index contributed by atoms with van der Waals surface area (Å²) >= 11 is 6.01. The highest BCUT2D eigenvalue weighted by Crippen LogP contribution is 2.60. The minimum atomic E-state index is -0.0165. The fourth-order valence-corrected chi connectivity index (χ4v) is 6.19. The third-order valence-electron chi connectivity index (χ3n) is 6.22. The molecule has 4 nitrogen and oxygen atoms in total. The lowest BCUT2D eigenvalue weighted by atomic mass is 9.49. The van der Waals surface area contributed by atoms with Crippen LogP contribution in [0.2, 0.25) is 5.15 Å². The Morgan fingerprint density at radius 1 is 1.29 bits per heavy atom. The molecule has 0 unspecified atom stereocenters. The van der Waals surface area contributed by atoms with Crippen LogP contribution in [0.4, 0.5) is 5.69 Å². The highest BCUT2D eigenvalue weighted by Gasteiger charge is 2.51. The summed E-state index contributed by atoms with van der Waals surface area (Å²) in [6.07, 6.45) is 10.1. The third kappa shape index (κ3) is 3.31. The van der Waals surface area contributed by atoms with Crippen LogP contribution in [0.5, 0.6) is 0 Å². The Hall–Kier alpha value is -1.13. The molecule has 0 aromatic carbocycles. The van der Waals surface area contributed by atoms with E-state index in [1.165, 1.54) is 38.5 Å². The number of amides is 1. The average molecular weight is 348 g/mol. The summed E-state index contributed by atoms with van der Waals surface area (Å²) in [4.78, 5) is 18.5. The minimum Gasteiger partial charge on any atom is -0.322 e. The fourth-order valence-electron chi connectivity index (χ4n) is 6.03. The molecule has 5 heteroatoms. The Labute approximate surface area is 149 Å². The molecule has 1 N–H and O–H groups in total. The summed E-state index contributed by atoms with van der Waals surface area (Å²) in [5, 5.41) is 3.22. The van der Waals surface area contributed by atoms with Gasteiger partial charge in [-0.2, -0.15) is 0 Å². The number of halogens is 1. The summed E-state index contributed by atoms with van der Waals surface area (Å²) in [5.41, 5.74) is 1.06. The molecule has 0 saturated heterocycles. The molecule has 4 fully saturated rings. The van der Waals surface area contributed by atoms with Crippen LogP contribution in [0.1, 0.15) is 38.5 Å². The van der Waals surface area contributed by atoms with Gasteiger partial charge in [-0.15, -0.1) is 0 Å². The molecular weight excluding hydrogens is 322 g/mol. The number of carbonyl (C=O) groups is 1. The molecule has 1 aromatic rings. The van der Waals surface area contributed by atoms with E-state index in [1.54, 1.807) is 18.3 Å². The van der Waals surface area contributed by atoms with Crippen molar-refractivity contribution in [3.63, 3.8) is 0 Å². The highest BCUT2D eigenvalue weighted by atomic mass is 35.5. The molecule has 5 rings (SSSR count). The maximum absolute atomic E-state index is 12.3. The van der Waals surface area contributed by atoms with Crippen LogP contribution in [-0.2, 0) is 4.79 Å². The molecule has 1 aromatic heterocycles. The Kier molecular flexibility index (Phi) is 4.29. The van der Waals surface area contributed by atoms with Crippen LogP contribution in [0.15, 0.2) is 18.3 Å². The number of nitrogens with zero attached hydrogens (tertiary/aromatic N) is 2. The second-order valence-corrected chi connectivity index (χ2v) is 8.84. The van der Waals surface area contributed by atoms with Crippen molar-refractivity contribution < 1.29 is 4.79 Å². The number of likely N-dealkylation sites (N-methyl/N-ethyl adjacent to an activating group) is 1. The average Bonchev–Trinajstić information content (AvgIpc) is 2.47. The van der Waals surface area contributed by atoms with E-state index in [1.807, 2.05) is 0 Å². The molecule has 0 spiro atoms. The minimum absolute atomic E-state index is 0.0165. The van der Waals surface area contributed by atoms with Crippen molar-refractivity contribution >= 4 is 23.2 Å². The van der Waals surface area contributed by atoms with Gasteiger partial charge in [0, 0.05) is 12.7 Å². The second kappa shape index (κ2) is 6.30. The van der Waals surface area contributed by atoms with Crippen molar-refractivity contribution in [1.82, 2.24) is 9.88 Å². The number of hydrogen-bond acceptors (Lipinski definition) is 3. The molecule has 4 aliphatic rings. The summed E-state index contributed by atoms with van der Waals surface area (Å²) in [6, 6.07) is 3.56. The van der Waals surface area contributed by atoms with Gasteiger partial charge in [-0.25, -0.2) is 4.98 Å². The maximum atomic E-state index is 12.3. The Morgan fingerprint density at radius 2 is 1.92 bits per heavy atom. The first-order chi connectivity index (χ1) is 11.5. The van der Waals surface area contributed by atoms with Crippen LogP contribution < -0.4 is 5.32 Å². The van der Waals surface area contributed by atoms with E-state index in [4.69, 9.17) is 11.6 Å².